The van der Waals surface area contributed by atoms with E-state index < -0.39 is 11.8 Å². The first-order valence-corrected chi connectivity index (χ1v) is 8.02. The van der Waals surface area contributed by atoms with Gasteiger partial charge in [-0.05, 0) is 36.4 Å². The molecule has 0 saturated carbocycles. The number of aromatic nitrogens is 1. The zero-order valence-electron chi connectivity index (χ0n) is 14.4. The summed E-state index contributed by atoms with van der Waals surface area (Å²) in [5.74, 6) is -1.07. The van der Waals surface area contributed by atoms with Gasteiger partial charge in [-0.15, -0.1) is 0 Å². The second kappa shape index (κ2) is 7.96. The number of benzene rings is 2. The van der Waals surface area contributed by atoms with Crippen LogP contribution in [0.5, 0.6) is 0 Å². The predicted octanol–water partition coefficient (Wildman–Crippen LogP) is 3.14. The van der Waals surface area contributed by atoms with Gasteiger partial charge in [-0.25, -0.2) is 0 Å². The second-order valence-corrected chi connectivity index (χ2v) is 5.57. The van der Waals surface area contributed by atoms with Crippen LogP contribution in [-0.2, 0) is 4.79 Å². The van der Waals surface area contributed by atoms with Crippen LogP contribution in [0.15, 0.2) is 65.3 Å². The average Bonchev–Trinajstić information content (AvgIpc) is 3.12. The smallest absolute Gasteiger partial charge is 0.302 e. The van der Waals surface area contributed by atoms with Crippen LogP contribution in [0.1, 0.15) is 27.8 Å². The summed E-state index contributed by atoms with van der Waals surface area (Å²) in [5.41, 5.74) is 1.60. The number of nitrogens with zero attached hydrogens (tertiary/aromatic N) is 1. The van der Waals surface area contributed by atoms with E-state index in [0.717, 1.165) is 6.26 Å². The molecule has 0 bridgehead atoms. The van der Waals surface area contributed by atoms with Crippen molar-refractivity contribution in [3.63, 3.8) is 0 Å². The van der Waals surface area contributed by atoms with E-state index >= 15 is 0 Å². The van der Waals surface area contributed by atoms with Crippen LogP contribution in [0.3, 0.4) is 0 Å². The van der Waals surface area contributed by atoms with Crippen LogP contribution in [0.2, 0.25) is 0 Å². The largest absolute Gasteiger partial charge is 0.431 e. The Bertz CT molecular complexity index is 965. The second-order valence-electron chi connectivity index (χ2n) is 5.57. The molecule has 8 heteroatoms. The number of hydrogen-bond donors (Lipinski definition) is 3. The fraction of sp³-hybridized carbons (Fsp3) is 0.0526. The van der Waals surface area contributed by atoms with E-state index in [4.69, 9.17) is 4.42 Å². The van der Waals surface area contributed by atoms with Crippen molar-refractivity contribution in [2.75, 3.05) is 16.0 Å². The standard InChI is InChI=1S/C19H16N4O4/c1-12(24)20-14-7-9-15(10-8-14)21-18(26)16-11-27-19(22-16)23-17(25)13-5-3-2-4-6-13/h2-11H,1H3,(H,20,24)(H,21,26)(H,22,23,25). The first-order valence-electron chi connectivity index (χ1n) is 8.02. The summed E-state index contributed by atoms with van der Waals surface area (Å²) in [4.78, 5) is 39.2. The molecular weight excluding hydrogens is 348 g/mol. The first-order chi connectivity index (χ1) is 13.0. The Morgan fingerprint density at radius 2 is 1.44 bits per heavy atom. The molecule has 27 heavy (non-hydrogen) atoms. The van der Waals surface area contributed by atoms with Crippen LogP contribution in [0, 0.1) is 0 Å². The number of nitrogens with one attached hydrogen (secondary N) is 3. The minimum atomic E-state index is -0.494. The summed E-state index contributed by atoms with van der Waals surface area (Å²) in [6.07, 6.45) is 1.15. The summed E-state index contributed by atoms with van der Waals surface area (Å²) in [7, 11) is 0. The number of amides is 3. The molecule has 0 unspecified atom stereocenters. The molecule has 3 rings (SSSR count). The molecule has 0 radical (unpaired) electrons. The van der Waals surface area contributed by atoms with Crippen LogP contribution in [0.4, 0.5) is 17.4 Å². The van der Waals surface area contributed by atoms with Crippen molar-refractivity contribution in [2.24, 2.45) is 0 Å². The fourth-order valence-electron chi connectivity index (χ4n) is 2.23. The van der Waals surface area contributed by atoms with Gasteiger partial charge >= 0.3 is 6.01 Å². The molecule has 3 aromatic rings. The van der Waals surface area contributed by atoms with Gasteiger partial charge in [0.15, 0.2) is 5.69 Å². The van der Waals surface area contributed by atoms with Crippen LogP contribution >= 0.6 is 0 Å². The Morgan fingerprint density at radius 1 is 0.815 bits per heavy atom. The van der Waals surface area contributed by atoms with Gasteiger partial charge in [0.05, 0.1) is 0 Å². The summed E-state index contributed by atoms with van der Waals surface area (Å²) >= 11 is 0. The highest BCUT2D eigenvalue weighted by Crippen LogP contribution is 2.16. The van der Waals surface area contributed by atoms with Crippen molar-refractivity contribution >= 4 is 35.1 Å². The SMILES string of the molecule is CC(=O)Nc1ccc(NC(=O)c2coc(NC(=O)c3ccccc3)n2)cc1. The zero-order valence-corrected chi connectivity index (χ0v) is 14.4. The minimum Gasteiger partial charge on any atom is -0.431 e. The molecule has 0 aliphatic carbocycles. The van der Waals surface area contributed by atoms with Crippen molar-refractivity contribution < 1.29 is 18.8 Å². The van der Waals surface area contributed by atoms with Gasteiger partial charge in [-0.1, -0.05) is 18.2 Å². The van der Waals surface area contributed by atoms with Gasteiger partial charge in [0.1, 0.15) is 6.26 Å². The van der Waals surface area contributed by atoms with Gasteiger partial charge in [0, 0.05) is 23.9 Å². The molecule has 0 aliphatic heterocycles. The number of carbonyl (C=O) groups is 3. The van der Waals surface area contributed by atoms with Crippen molar-refractivity contribution in [3.8, 4) is 0 Å². The van der Waals surface area contributed by atoms with E-state index in [1.54, 1.807) is 54.6 Å². The topological polar surface area (TPSA) is 113 Å². The molecule has 0 spiro atoms. The lowest BCUT2D eigenvalue weighted by atomic mass is 10.2. The Labute approximate surface area is 154 Å². The molecular formula is C19H16N4O4. The maximum atomic E-state index is 12.2. The van der Waals surface area contributed by atoms with Gasteiger partial charge < -0.3 is 15.1 Å². The fourth-order valence-corrected chi connectivity index (χ4v) is 2.23. The quantitative estimate of drug-likeness (QED) is 0.644. The van der Waals surface area contributed by atoms with Gasteiger partial charge in [0.25, 0.3) is 11.8 Å². The maximum Gasteiger partial charge on any atom is 0.302 e. The molecule has 0 aliphatic rings. The minimum absolute atomic E-state index is 0.0179. The first kappa shape index (κ1) is 17.9. The Balaban J connectivity index is 1.61. The Morgan fingerprint density at radius 3 is 2.07 bits per heavy atom. The lowest BCUT2D eigenvalue weighted by Crippen LogP contribution is -2.14. The summed E-state index contributed by atoms with van der Waals surface area (Å²) in [5, 5.41) is 7.77. The molecule has 0 atom stereocenters. The normalized spacial score (nSPS) is 10.1. The summed E-state index contributed by atoms with van der Waals surface area (Å²) < 4.78 is 5.13. The highest BCUT2D eigenvalue weighted by molar-refractivity contribution is 6.05. The zero-order chi connectivity index (χ0) is 19.2. The number of rotatable bonds is 5. The third-order valence-electron chi connectivity index (χ3n) is 3.46. The molecule has 0 saturated heterocycles. The van der Waals surface area contributed by atoms with E-state index in [9.17, 15) is 14.4 Å². The maximum absolute atomic E-state index is 12.2. The Hall–Kier alpha value is -3.94. The van der Waals surface area contributed by atoms with E-state index in [1.165, 1.54) is 6.92 Å². The molecule has 3 N–H and O–H groups in total. The third kappa shape index (κ3) is 4.79. The highest BCUT2D eigenvalue weighted by atomic mass is 16.4. The average molecular weight is 364 g/mol. The molecule has 8 nitrogen and oxygen atoms in total. The molecule has 2 aromatic carbocycles. The third-order valence-corrected chi connectivity index (χ3v) is 3.46. The highest BCUT2D eigenvalue weighted by Gasteiger charge is 2.15. The number of carbonyl (C=O) groups excluding carboxylic acids is 3. The molecule has 0 fully saturated rings. The van der Waals surface area contributed by atoms with E-state index in [0.29, 0.717) is 16.9 Å². The van der Waals surface area contributed by atoms with Crippen molar-refractivity contribution in [1.29, 1.82) is 0 Å². The number of hydrogen-bond acceptors (Lipinski definition) is 5. The van der Waals surface area contributed by atoms with E-state index in [-0.39, 0.29) is 17.6 Å². The molecule has 3 amide bonds. The summed E-state index contributed by atoms with van der Waals surface area (Å²) in [6, 6.07) is 15.1. The number of oxazole rings is 1. The Kier molecular flexibility index (Phi) is 5.27. The monoisotopic (exact) mass is 364 g/mol. The van der Waals surface area contributed by atoms with Gasteiger partial charge in [-0.2, -0.15) is 4.98 Å². The van der Waals surface area contributed by atoms with E-state index in [1.807, 2.05) is 0 Å². The summed E-state index contributed by atoms with van der Waals surface area (Å²) in [6.45, 7) is 1.41. The lowest BCUT2D eigenvalue weighted by molar-refractivity contribution is -0.114. The van der Waals surface area contributed by atoms with Crippen molar-refractivity contribution in [2.45, 2.75) is 6.92 Å². The van der Waals surface area contributed by atoms with Crippen molar-refractivity contribution in [3.05, 3.63) is 72.1 Å². The van der Waals surface area contributed by atoms with Crippen LogP contribution in [-0.4, -0.2) is 22.7 Å². The number of anilines is 3. The lowest BCUT2D eigenvalue weighted by Gasteiger charge is -2.05. The molecule has 1 aromatic heterocycles. The van der Waals surface area contributed by atoms with Crippen LogP contribution in [0.25, 0.3) is 0 Å². The molecule has 136 valence electrons. The predicted molar refractivity (Wildman–Crippen MR) is 99.6 cm³/mol. The van der Waals surface area contributed by atoms with Crippen LogP contribution < -0.4 is 16.0 Å². The van der Waals surface area contributed by atoms with E-state index in [2.05, 4.69) is 20.9 Å². The molecule has 1 heterocycles. The van der Waals surface area contributed by atoms with Gasteiger partial charge in [0.2, 0.25) is 5.91 Å². The van der Waals surface area contributed by atoms with Gasteiger partial charge in [-0.3, -0.25) is 19.7 Å². The van der Waals surface area contributed by atoms with Crippen molar-refractivity contribution in [1.82, 2.24) is 4.98 Å².